The maximum atomic E-state index is 13.2. The van der Waals surface area contributed by atoms with E-state index in [9.17, 15) is 13.2 Å². The van der Waals surface area contributed by atoms with Gasteiger partial charge < -0.3 is 4.74 Å². The van der Waals surface area contributed by atoms with E-state index in [1.807, 2.05) is 0 Å². The molecule has 1 aliphatic heterocycles. The highest BCUT2D eigenvalue weighted by molar-refractivity contribution is 6.31. The van der Waals surface area contributed by atoms with Gasteiger partial charge in [0.25, 0.3) is 0 Å². The third-order valence-electron chi connectivity index (χ3n) is 3.63. The molecule has 0 amide bonds. The molecule has 1 heterocycles. The lowest BCUT2D eigenvalue weighted by molar-refractivity contribution is -0.230. The fraction of sp³-hybridized carbons (Fsp3) is 0.429. The van der Waals surface area contributed by atoms with Gasteiger partial charge in [0.1, 0.15) is 5.75 Å². The monoisotopic (exact) mass is 290 g/mol. The van der Waals surface area contributed by atoms with Crippen molar-refractivity contribution in [2.45, 2.75) is 39.0 Å². The molecule has 0 aliphatic carbocycles. The van der Waals surface area contributed by atoms with Gasteiger partial charge in [-0.2, -0.15) is 13.2 Å². The lowest BCUT2D eigenvalue weighted by Gasteiger charge is -2.36. The number of alkyl halides is 3. The van der Waals surface area contributed by atoms with Crippen molar-refractivity contribution in [2.24, 2.45) is 0 Å². The first-order valence-corrected chi connectivity index (χ1v) is 6.34. The smallest absolute Gasteiger partial charge is 0.432 e. The van der Waals surface area contributed by atoms with Gasteiger partial charge in [0.05, 0.1) is 0 Å². The third-order valence-corrected chi connectivity index (χ3v) is 4.02. The van der Waals surface area contributed by atoms with Gasteiger partial charge in [-0.25, -0.2) is 0 Å². The highest BCUT2D eigenvalue weighted by atomic mass is 35.5. The summed E-state index contributed by atoms with van der Waals surface area (Å²) in [6.07, 6.45) is -2.11. The van der Waals surface area contributed by atoms with Crippen molar-refractivity contribution in [3.63, 3.8) is 0 Å². The minimum absolute atomic E-state index is 0.173. The second-order valence-corrected chi connectivity index (χ2v) is 5.11. The summed E-state index contributed by atoms with van der Waals surface area (Å²) in [7, 11) is 0. The van der Waals surface area contributed by atoms with Crippen molar-refractivity contribution in [2.75, 3.05) is 0 Å². The molecule has 0 aromatic heterocycles. The van der Waals surface area contributed by atoms with Crippen LogP contribution in [0, 0.1) is 13.8 Å². The number of rotatable bonds is 1. The largest absolute Gasteiger partial charge is 0.473 e. The van der Waals surface area contributed by atoms with Crippen molar-refractivity contribution in [1.82, 2.24) is 0 Å². The fourth-order valence-corrected chi connectivity index (χ4v) is 2.38. The Kier molecular flexibility index (Phi) is 3.33. The number of benzene rings is 1. The summed E-state index contributed by atoms with van der Waals surface area (Å²) in [5, 5.41) is 0.528. The van der Waals surface area contributed by atoms with Gasteiger partial charge in [0.15, 0.2) is 0 Å². The molecule has 104 valence electrons. The molecule has 2 rings (SSSR count). The number of fused-ring (bicyclic) bond motifs is 1. The molecule has 0 spiro atoms. The topological polar surface area (TPSA) is 9.23 Å². The SMILES string of the molecule is CCC1(C(F)(F)F)C=Cc2cc(Cl)c(C)c(C)c2O1. The van der Waals surface area contributed by atoms with Gasteiger partial charge >= 0.3 is 6.18 Å². The van der Waals surface area contributed by atoms with Gasteiger partial charge in [-0.1, -0.05) is 24.6 Å². The summed E-state index contributed by atoms with van der Waals surface area (Å²) in [5.74, 6) is 0.267. The first kappa shape index (κ1) is 14.3. The minimum atomic E-state index is -4.45. The molecular formula is C14H14ClF3O. The fourth-order valence-electron chi connectivity index (χ4n) is 2.12. The zero-order valence-electron chi connectivity index (χ0n) is 10.9. The predicted molar refractivity (Wildman–Crippen MR) is 69.7 cm³/mol. The van der Waals surface area contributed by atoms with Gasteiger partial charge in [-0.05, 0) is 43.5 Å². The van der Waals surface area contributed by atoms with E-state index < -0.39 is 11.8 Å². The van der Waals surface area contributed by atoms with E-state index in [0.717, 1.165) is 11.6 Å². The van der Waals surface area contributed by atoms with Crippen LogP contribution in [0.2, 0.25) is 5.02 Å². The zero-order chi connectivity index (χ0) is 14.4. The van der Waals surface area contributed by atoms with Crippen LogP contribution in [0.3, 0.4) is 0 Å². The molecule has 0 saturated carbocycles. The first-order chi connectivity index (χ1) is 8.72. The number of ether oxygens (including phenoxy) is 1. The van der Waals surface area contributed by atoms with Gasteiger partial charge in [-0.3, -0.25) is 0 Å². The molecule has 0 saturated heterocycles. The summed E-state index contributed by atoms with van der Waals surface area (Å²) in [6, 6.07) is 1.63. The molecule has 0 radical (unpaired) electrons. The summed E-state index contributed by atoms with van der Waals surface area (Å²) >= 11 is 6.03. The summed E-state index contributed by atoms with van der Waals surface area (Å²) in [6.45, 7) is 4.94. The molecule has 5 heteroatoms. The lowest BCUT2D eigenvalue weighted by Crippen LogP contribution is -2.49. The van der Waals surface area contributed by atoms with E-state index in [1.54, 1.807) is 19.9 Å². The predicted octanol–water partition coefficient (Wildman–Crippen LogP) is 5.07. The molecule has 1 unspecified atom stereocenters. The Morgan fingerprint density at radius 1 is 1.26 bits per heavy atom. The summed E-state index contributed by atoms with van der Waals surface area (Å²) in [4.78, 5) is 0. The van der Waals surface area contributed by atoms with Crippen LogP contribution in [-0.4, -0.2) is 11.8 Å². The quantitative estimate of drug-likeness (QED) is 0.701. The van der Waals surface area contributed by atoms with E-state index in [0.29, 0.717) is 16.1 Å². The Labute approximate surface area is 115 Å². The van der Waals surface area contributed by atoms with E-state index >= 15 is 0 Å². The zero-order valence-corrected chi connectivity index (χ0v) is 11.6. The molecule has 1 aromatic carbocycles. The van der Waals surface area contributed by atoms with Crippen LogP contribution in [0.25, 0.3) is 6.08 Å². The number of hydrogen-bond acceptors (Lipinski definition) is 1. The molecule has 1 aromatic rings. The molecule has 0 N–H and O–H groups in total. The van der Waals surface area contributed by atoms with Crippen LogP contribution in [0.15, 0.2) is 12.1 Å². The molecule has 19 heavy (non-hydrogen) atoms. The van der Waals surface area contributed by atoms with Crippen LogP contribution in [0.1, 0.15) is 30.0 Å². The third kappa shape index (κ3) is 2.12. The molecule has 0 fully saturated rings. The number of hydrogen-bond donors (Lipinski definition) is 0. The van der Waals surface area contributed by atoms with Crippen LogP contribution in [0.4, 0.5) is 13.2 Å². The average Bonchev–Trinajstić information content (AvgIpc) is 2.34. The standard InChI is InChI=1S/C14H14ClF3O/c1-4-13(14(16,17)18)6-5-10-7-11(15)8(2)9(3)12(10)19-13/h5-7H,4H2,1-3H3. The second-order valence-electron chi connectivity index (χ2n) is 4.70. The van der Waals surface area contributed by atoms with Crippen molar-refractivity contribution in [3.8, 4) is 5.75 Å². The molecule has 1 atom stereocenters. The maximum Gasteiger partial charge on any atom is 0.432 e. The second kappa shape index (κ2) is 4.44. The minimum Gasteiger partial charge on any atom is -0.473 e. The van der Waals surface area contributed by atoms with E-state index in [1.165, 1.54) is 13.0 Å². The van der Waals surface area contributed by atoms with Crippen molar-refractivity contribution < 1.29 is 17.9 Å². The Hall–Kier alpha value is -1.16. The normalized spacial score (nSPS) is 22.1. The number of halogens is 4. The van der Waals surface area contributed by atoms with Crippen LogP contribution in [0.5, 0.6) is 5.75 Å². The van der Waals surface area contributed by atoms with Crippen LogP contribution < -0.4 is 4.74 Å². The average molecular weight is 291 g/mol. The lowest BCUT2D eigenvalue weighted by atomic mass is 9.93. The molecule has 1 nitrogen and oxygen atoms in total. The molecule has 0 bridgehead atoms. The van der Waals surface area contributed by atoms with Gasteiger partial charge in [0, 0.05) is 10.6 Å². The summed E-state index contributed by atoms with van der Waals surface area (Å²) < 4.78 is 44.9. The van der Waals surface area contributed by atoms with Crippen LogP contribution >= 0.6 is 11.6 Å². The first-order valence-electron chi connectivity index (χ1n) is 5.96. The van der Waals surface area contributed by atoms with E-state index in [4.69, 9.17) is 16.3 Å². The highest BCUT2D eigenvalue weighted by Crippen LogP contribution is 2.45. The van der Waals surface area contributed by atoms with Crippen molar-refractivity contribution in [1.29, 1.82) is 0 Å². The Balaban J connectivity index is 2.59. The van der Waals surface area contributed by atoms with E-state index in [-0.39, 0.29) is 12.2 Å². The van der Waals surface area contributed by atoms with Gasteiger partial charge in [-0.15, -0.1) is 0 Å². The molecular weight excluding hydrogens is 277 g/mol. The Morgan fingerprint density at radius 2 is 1.89 bits per heavy atom. The molecule has 1 aliphatic rings. The Morgan fingerprint density at radius 3 is 2.42 bits per heavy atom. The van der Waals surface area contributed by atoms with Gasteiger partial charge in [0.2, 0.25) is 5.60 Å². The summed E-state index contributed by atoms with van der Waals surface area (Å²) in [5.41, 5.74) is -0.274. The van der Waals surface area contributed by atoms with Crippen molar-refractivity contribution >= 4 is 17.7 Å². The Bertz CT molecular complexity index is 549. The highest BCUT2D eigenvalue weighted by Gasteiger charge is 2.55. The van der Waals surface area contributed by atoms with Crippen LogP contribution in [-0.2, 0) is 0 Å². The maximum absolute atomic E-state index is 13.2. The van der Waals surface area contributed by atoms with E-state index in [2.05, 4.69) is 0 Å². The van der Waals surface area contributed by atoms with Crippen molar-refractivity contribution in [3.05, 3.63) is 33.9 Å².